The smallest absolute Gasteiger partial charge is 0.255 e. The topological polar surface area (TPSA) is 89.9 Å². The van der Waals surface area contributed by atoms with E-state index in [-0.39, 0.29) is 5.91 Å². The standard InChI is InChI=1S/C20H24N6O2/c1-2-25(11-17-23-19(28-24-17)13-7-8-13)20(27)14-9-16-18(21-10-14)26(12-22-16)15-5-3-4-6-15/h9-10,12-13,15H,2-8,11H2,1H3. The molecule has 0 radical (unpaired) electrons. The Bertz CT molecular complexity index is 999. The number of aromatic nitrogens is 5. The lowest BCUT2D eigenvalue weighted by Gasteiger charge is -2.19. The number of fused-ring (bicyclic) bond motifs is 1. The predicted octanol–water partition coefficient (Wildman–Crippen LogP) is 3.47. The fourth-order valence-electron chi connectivity index (χ4n) is 3.99. The van der Waals surface area contributed by atoms with E-state index in [1.54, 1.807) is 11.1 Å². The summed E-state index contributed by atoms with van der Waals surface area (Å²) in [5.41, 5.74) is 2.17. The molecule has 8 heteroatoms. The van der Waals surface area contributed by atoms with E-state index in [0.29, 0.717) is 42.3 Å². The molecule has 5 rings (SSSR count). The van der Waals surface area contributed by atoms with Gasteiger partial charge in [-0.05, 0) is 38.7 Å². The molecule has 1 amide bonds. The number of rotatable bonds is 6. The number of hydrogen-bond donors (Lipinski definition) is 0. The maximum Gasteiger partial charge on any atom is 0.255 e. The van der Waals surface area contributed by atoms with E-state index in [2.05, 4.69) is 24.7 Å². The SMILES string of the molecule is CCN(Cc1noc(C2CC2)n1)C(=O)c1cnc2c(c1)ncn2C1CCCC1. The average molecular weight is 380 g/mol. The summed E-state index contributed by atoms with van der Waals surface area (Å²) >= 11 is 0. The Morgan fingerprint density at radius 3 is 2.82 bits per heavy atom. The molecular weight excluding hydrogens is 356 g/mol. The Hall–Kier alpha value is -2.77. The maximum absolute atomic E-state index is 13.0. The molecule has 0 aromatic carbocycles. The molecule has 0 saturated heterocycles. The zero-order chi connectivity index (χ0) is 19.1. The number of nitrogens with zero attached hydrogens (tertiary/aromatic N) is 6. The lowest BCUT2D eigenvalue weighted by Crippen LogP contribution is -2.30. The van der Waals surface area contributed by atoms with Crippen molar-refractivity contribution in [2.24, 2.45) is 0 Å². The van der Waals surface area contributed by atoms with Crippen molar-refractivity contribution in [1.82, 2.24) is 29.6 Å². The number of amides is 1. The van der Waals surface area contributed by atoms with Crippen LogP contribution in [0.4, 0.5) is 0 Å². The highest BCUT2D eigenvalue weighted by molar-refractivity contribution is 5.96. The number of imidazole rings is 1. The lowest BCUT2D eigenvalue weighted by molar-refractivity contribution is 0.0747. The van der Waals surface area contributed by atoms with Crippen molar-refractivity contribution in [3.05, 3.63) is 35.9 Å². The quantitative estimate of drug-likeness (QED) is 0.650. The van der Waals surface area contributed by atoms with Gasteiger partial charge in [0.1, 0.15) is 5.52 Å². The van der Waals surface area contributed by atoms with Gasteiger partial charge in [-0.15, -0.1) is 0 Å². The second-order valence-electron chi connectivity index (χ2n) is 7.80. The van der Waals surface area contributed by atoms with Crippen molar-refractivity contribution in [3.8, 4) is 0 Å². The van der Waals surface area contributed by atoms with Gasteiger partial charge in [-0.25, -0.2) is 9.97 Å². The molecule has 3 heterocycles. The monoisotopic (exact) mass is 380 g/mol. The van der Waals surface area contributed by atoms with Crippen LogP contribution in [0, 0.1) is 0 Å². The molecule has 0 unspecified atom stereocenters. The van der Waals surface area contributed by atoms with Crippen LogP contribution in [-0.4, -0.2) is 42.0 Å². The Kier molecular flexibility index (Phi) is 4.33. The minimum absolute atomic E-state index is 0.0925. The first kappa shape index (κ1) is 17.3. The van der Waals surface area contributed by atoms with Crippen LogP contribution in [0.3, 0.4) is 0 Å². The molecule has 0 atom stereocenters. The molecule has 0 bridgehead atoms. The van der Waals surface area contributed by atoms with Crippen LogP contribution in [0.2, 0.25) is 0 Å². The summed E-state index contributed by atoms with van der Waals surface area (Å²) in [4.78, 5) is 28.2. The van der Waals surface area contributed by atoms with Gasteiger partial charge < -0.3 is 14.0 Å². The zero-order valence-electron chi connectivity index (χ0n) is 16.0. The Morgan fingerprint density at radius 2 is 2.07 bits per heavy atom. The second-order valence-corrected chi connectivity index (χ2v) is 7.80. The Labute approximate surface area is 163 Å². The average Bonchev–Trinajstić information content (AvgIpc) is 3.13. The van der Waals surface area contributed by atoms with Gasteiger partial charge in [0.05, 0.1) is 18.4 Å². The highest BCUT2D eigenvalue weighted by Crippen LogP contribution is 2.38. The van der Waals surface area contributed by atoms with Crippen LogP contribution in [0.5, 0.6) is 0 Å². The van der Waals surface area contributed by atoms with E-state index >= 15 is 0 Å². The first-order valence-corrected chi connectivity index (χ1v) is 10.2. The van der Waals surface area contributed by atoms with Crippen LogP contribution < -0.4 is 0 Å². The molecule has 0 N–H and O–H groups in total. The maximum atomic E-state index is 13.0. The first-order chi connectivity index (χ1) is 13.7. The summed E-state index contributed by atoms with van der Waals surface area (Å²) in [6.45, 7) is 2.83. The fraction of sp³-hybridized carbons (Fsp3) is 0.550. The summed E-state index contributed by atoms with van der Waals surface area (Å²) in [6, 6.07) is 2.31. The summed E-state index contributed by atoms with van der Waals surface area (Å²) < 4.78 is 7.46. The van der Waals surface area contributed by atoms with Gasteiger partial charge in [0.15, 0.2) is 11.5 Å². The van der Waals surface area contributed by atoms with Crippen LogP contribution >= 0.6 is 0 Å². The molecule has 0 aliphatic heterocycles. The molecule has 3 aromatic heterocycles. The highest BCUT2D eigenvalue weighted by Gasteiger charge is 2.30. The molecule has 3 aromatic rings. The van der Waals surface area contributed by atoms with Crippen molar-refractivity contribution in [3.63, 3.8) is 0 Å². The molecule has 8 nitrogen and oxygen atoms in total. The van der Waals surface area contributed by atoms with Gasteiger partial charge in [0.2, 0.25) is 5.89 Å². The van der Waals surface area contributed by atoms with E-state index < -0.39 is 0 Å². The van der Waals surface area contributed by atoms with Gasteiger partial charge in [-0.2, -0.15) is 4.98 Å². The third-order valence-electron chi connectivity index (χ3n) is 5.79. The Morgan fingerprint density at radius 1 is 1.25 bits per heavy atom. The molecule has 28 heavy (non-hydrogen) atoms. The summed E-state index contributed by atoms with van der Waals surface area (Å²) in [5, 5.41) is 4.03. The number of carbonyl (C=O) groups excluding carboxylic acids is 1. The van der Waals surface area contributed by atoms with E-state index in [1.807, 2.05) is 19.3 Å². The van der Waals surface area contributed by atoms with Crippen LogP contribution in [0.15, 0.2) is 23.1 Å². The van der Waals surface area contributed by atoms with Crippen molar-refractivity contribution in [2.75, 3.05) is 6.54 Å². The summed E-state index contributed by atoms with van der Waals surface area (Å²) in [7, 11) is 0. The van der Waals surface area contributed by atoms with E-state index in [4.69, 9.17) is 4.52 Å². The van der Waals surface area contributed by atoms with Crippen LogP contribution in [-0.2, 0) is 6.54 Å². The molecule has 0 spiro atoms. The summed E-state index contributed by atoms with van der Waals surface area (Å²) in [6.07, 6.45) is 10.6. The van der Waals surface area contributed by atoms with Crippen LogP contribution in [0.1, 0.15) is 79.5 Å². The van der Waals surface area contributed by atoms with E-state index in [0.717, 1.165) is 24.0 Å². The lowest BCUT2D eigenvalue weighted by atomic mass is 10.2. The van der Waals surface area contributed by atoms with Crippen LogP contribution in [0.25, 0.3) is 11.2 Å². The number of pyridine rings is 1. The molecular formula is C20H24N6O2. The van der Waals surface area contributed by atoms with E-state index in [1.165, 1.54) is 25.7 Å². The predicted molar refractivity (Wildman–Crippen MR) is 102 cm³/mol. The van der Waals surface area contributed by atoms with Crippen molar-refractivity contribution >= 4 is 17.1 Å². The number of carbonyl (C=O) groups is 1. The zero-order valence-corrected chi connectivity index (χ0v) is 16.0. The molecule has 2 aliphatic rings. The van der Waals surface area contributed by atoms with Gasteiger partial charge in [-0.3, -0.25) is 4.79 Å². The largest absolute Gasteiger partial charge is 0.339 e. The van der Waals surface area contributed by atoms with Gasteiger partial charge >= 0.3 is 0 Å². The third-order valence-corrected chi connectivity index (χ3v) is 5.79. The van der Waals surface area contributed by atoms with Gasteiger partial charge in [0, 0.05) is 24.7 Å². The van der Waals surface area contributed by atoms with Crippen molar-refractivity contribution in [2.45, 2.75) is 64.0 Å². The third kappa shape index (κ3) is 3.16. The summed E-state index contributed by atoms with van der Waals surface area (Å²) in [5.74, 6) is 1.56. The van der Waals surface area contributed by atoms with Gasteiger partial charge in [-0.1, -0.05) is 18.0 Å². The van der Waals surface area contributed by atoms with E-state index in [9.17, 15) is 4.79 Å². The molecule has 2 saturated carbocycles. The second kappa shape index (κ2) is 7.00. The minimum atomic E-state index is -0.0925. The highest BCUT2D eigenvalue weighted by atomic mass is 16.5. The number of hydrogen-bond acceptors (Lipinski definition) is 6. The van der Waals surface area contributed by atoms with Gasteiger partial charge in [0.25, 0.3) is 5.91 Å². The Balaban J connectivity index is 1.35. The fourth-order valence-corrected chi connectivity index (χ4v) is 3.99. The molecule has 2 fully saturated rings. The molecule has 146 valence electrons. The van der Waals surface area contributed by atoms with Crippen molar-refractivity contribution < 1.29 is 9.32 Å². The first-order valence-electron chi connectivity index (χ1n) is 10.2. The molecule has 2 aliphatic carbocycles. The van der Waals surface area contributed by atoms with Crippen molar-refractivity contribution in [1.29, 1.82) is 0 Å². The normalized spacial score (nSPS) is 17.5. The minimum Gasteiger partial charge on any atom is -0.339 e.